The second-order valence-corrected chi connectivity index (χ2v) is 8.29. The molecule has 0 bridgehead atoms. The highest BCUT2D eigenvalue weighted by Gasteiger charge is 2.27. The van der Waals surface area contributed by atoms with Crippen molar-refractivity contribution in [3.8, 4) is 22.9 Å². The molecule has 1 saturated heterocycles. The number of benzene rings is 2. The lowest BCUT2D eigenvalue weighted by molar-refractivity contribution is -0.125. The Morgan fingerprint density at radius 1 is 1.12 bits per heavy atom. The van der Waals surface area contributed by atoms with E-state index in [4.69, 9.17) is 14.5 Å². The summed E-state index contributed by atoms with van der Waals surface area (Å²) in [5.41, 5.74) is 3.07. The summed E-state index contributed by atoms with van der Waals surface area (Å²) in [7, 11) is 3.25. The van der Waals surface area contributed by atoms with Crippen molar-refractivity contribution in [3.63, 3.8) is 0 Å². The average molecular weight is 447 g/mol. The minimum absolute atomic E-state index is 0.0392. The Morgan fingerprint density at radius 3 is 2.70 bits per heavy atom. The minimum atomic E-state index is -0.104. The zero-order chi connectivity index (χ0) is 23.2. The molecule has 33 heavy (non-hydrogen) atoms. The number of aromatic nitrogens is 2. The van der Waals surface area contributed by atoms with Crippen LogP contribution in [-0.4, -0.2) is 43.2 Å². The number of hydrogen-bond donors (Lipinski definition) is 1. The van der Waals surface area contributed by atoms with E-state index in [1.807, 2.05) is 36.4 Å². The van der Waals surface area contributed by atoms with Crippen molar-refractivity contribution < 1.29 is 14.3 Å². The van der Waals surface area contributed by atoms with Gasteiger partial charge in [-0.3, -0.25) is 4.79 Å². The predicted molar refractivity (Wildman–Crippen MR) is 129 cm³/mol. The van der Waals surface area contributed by atoms with Crippen molar-refractivity contribution in [2.24, 2.45) is 5.92 Å². The fraction of sp³-hybridized carbons (Fsp3) is 0.346. The zero-order valence-corrected chi connectivity index (χ0v) is 19.4. The van der Waals surface area contributed by atoms with Crippen LogP contribution in [0, 0.1) is 12.8 Å². The van der Waals surface area contributed by atoms with Gasteiger partial charge in [-0.25, -0.2) is 9.97 Å². The number of nitrogens with zero attached hydrogens (tertiary/aromatic N) is 3. The molecule has 0 aliphatic carbocycles. The van der Waals surface area contributed by atoms with Crippen molar-refractivity contribution >= 4 is 11.7 Å². The van der Waals surface area contributed by atoms with Gasteiger partial charge >= 0.3 is 0 Å². The third kappa shape index (κ3) is 5.42. The van der Waals surface area contributed by atoms with E-state index in [9.17, 15) is 4.79 Å². The molecule has 1 amide bonds. The summed E-state index contributed by atoms with van der Waals surface area (Å²) in [5, 5.41) is 3.08. The molecule has 1 fully saturated rings. The SMILES string of the molecule is COc1ccc(OC)c(CNC(=O)[C@@H]2CCCN(c3ccnc(-c4ccc(C)cc4)n3)C2)c1. The second kappa shape index (κ2) is 10.3. The van der Waals surface area contributed by atoms with Crippen molar-refractivity contribution in [3.05, 3.63) is 65.9 Å². The maximum Gasteiger partial charge on any atom is 0.225 e. The number of carbonyl (C=O) groups is 1. The van der Waals surface area contributed by atoms with Gasteiger partial charge in [0.25, 0.3) is 0 Å². The van der Waals surface area contributed by atoms with E-state index in [0.29, 0.717) is 18.9 Å². The monoisotopic (exact) mass is 446 g/mol. The molecule has 0 spiro atoms. The number of aryl methyl sites for hydroxylation is 1. The normalized spacial score (nSPS) is 15.7. The molecule has 4 rings (SSSR count). The fourth-order valence-electron chi connectivity index (χ4n) is 4.11. The van der Waals surface area contributed by atoms with Crippen LogP contribution in [0.3, 0.4) is 0 Å². The van der Waals surface area contributed by atoms with E-state index in [2.05, 4.69) is 34.3 Å². The number of rotatable bonds is 7. The highest BCUT2D eigenvalue weighted by atomic mass is 16.5. The molecule has 1 aliphatic rings. The van der Waals surface area contributed by atoms with Gasteiger partial charge in [-0.2, -0.15) is 0 Å². The van der Waals surface area contributed by atoms with Gasteiger partial charge in [-0.15, -0.1) is 0 Å². The molecule has 7 heteroatoms. The Bertz CT molecular complexity index is 1100. The van der Waals surface area contributed by atoms with Crippen molar-refractivity contribution in [1.29, 1.82) is 0 Å². The molecular formula is C26H30N4O3. The van der Waals surface area contributed by atoms with Crippen LogP contribution in [0.15, 0.2) is 54.7 Å². The average Bonchev–Trinajstić information content (AvgIpc) is 2.87. The topological polar surface area (TPSA) is 76.6 Å². The van der Waals surface area contributed by atoms with Crippen LogP contribution >= 0.6 is 0 Å². The molecule has 1 atom stereocenters. The number of ether oxygens (including phenoxy) is 2. The van der Waals surface area contributed by atoms with Gasteiger partial charge < -0.3 is 19.7 Å². The molecule has 1 aromatic heterocycles. The third-order valence-electron chi connectivity index (χ3n) is 6.01. The third-order valence-corrected chi connectivity index (χ3v) is 6.01. The molecule has 0 saturated carbocycles. The highest BCUT2D eigenvalue weighted by Crippen LogP contribution is 2.26. The Morgan fingerprint density at radius 2 is 1.94 bits per heavy atom. The lowest BCUT2D eigenvalue weighted by atomic mass is 9.97. The van der Waals surface area contributed by atoms with Gasteiger partial charge in [0.05, 0.1) is 20.1 Å². The Kier molecular flexibility index (Phi) is 7.07. The lowest BCUT2D eigenvalue weighted by Gasteiger charge is -2.33. The lowest BCUT2D eigenvalue weighted by Crippen LogP contribution is -2.43. The Hall–Kier alpha value is -3.61. The van der Waals surface area contributed by atoms with Gasteiger partial charge in [0.1, 0.15) is 17.3 Å². The van der Waals surface area contributed by atoms with Gasteiger partial charge in [-0.05, 0) is 44.0 Å². The number of methoxy groups -OCH3 is 2. The molecule has 1 aliphatic heterocycles. The molecule has 172 valence electrons. The first-order valence-electron chi connectivity index (χ1n) is 11.2. The largest absolute Gasteiger partial charge is 0.497 e. The first kappa shape index (κ1) is 22.6. The van der Waals surface area contributed by atoms with Crippen LogP contribution in [0.1, 0.15) is 24.0 Å². The zero-order valence-electron chi connectivity index (χ0n) is 19.4. The summed E-state index contributed by atoms with van der Waals surface area (Å²) >= 11 is 0. The molecule has 2 aromatic carbocycles. The first-order valence-corrected chi connectivity index (χ1v) is 11.2. The minimum Gasteiger partial charge on any atom is -0.497 e. The van der Waals surface area contributed by atoms with Gasteiger partial charge in [0.15, 0.2) is 5.82 Å². The maximum absolute atomic E-state index is 13.0. The number of nitrogens with one attached hydrogen (secondary N) is 1. The first-order chi connectivity index (χ1) is 16.1. The quantitative estimate of drug-likeness (QED) is 0.591. The van der Waals surface area contributed by atoms with E-state index in [-0.39, 0.29) is 11.8 Å². The summed E-state index contributed by atoms with van der Waals surface area (Å²) in [4.78, 5) is 24.4. The van der Waals surface area contributed by atoms with E-state index in [1.54, 1.807) is 20.4 Å². The Labute approximate surface area is 194 Å². The maximum atomic E-state index is 13.0. The van der Waals surface area contributed by atoms with Gasteiger partial charge in [0, 0.05) is 37.0 Å². The summed E-state index contributed by atoms with van der Waals surface area (Å²) in [6.45, 7) is 3.95. The van der Waals surface area contributed by atoms with E-state index in [1.165, 1.54) is 5.56 Å². The van der Waals surface area contributed by atoms with Crippen LogP contribution in [0.2, 0.25) is 0 Å². The van der Waals surface area contributed by atoms with Crippen molar-refractivity contribution in [1.82, 2.24) is 15.3 Å². The molecular weight excluding hydrogens is 416 g/mol. The molecule has 0 radical (unpaired) electrons. The second-order valence-electron chi connectivity index (χ2n) is 8.29. The van der Waals surface area contributed by atoms with Crippen LogP contribution in [-0.2, 0) is 11.3 Å². The van der Waals surface area contributed by atoms with Crippen molar-refractivity contribution in [2.75, 3.05) is 32.2 Å². The highest BCUT2D eigenvalue weighted by molar-refractivity contribution is 5.79. The number of piperidine rings is 1. The molecule has 7 nitrogen and oxygen atoms in total. The predicted octanol–water partition coefficient (Wildman–Crippen LogP) is 4.00. The molecule has 3 aromatic rings. The van der Waals surface area contributed by atoms with Crippen LogP contribution in [0.25, 0.3) is 11.4 Å². The standard InChI is InChI=1S/C26H30N4O3/c1-18-6-8-19(9-7-18)25-27-13-12-24(29-25)30-14-4-5-20(17-30)26(31)28-16-21-15-22(32-2)10-11-23(21)33-3/h6-13,15,20H,4-5,14,16-17H2,1-3H3,(H,28,31)/t20-/m1/s1. The van der Waals surface area contributed by atoms with Crippen LogP contribution in [0.5, 0.6) is 11.5 Å². The van der Waals surface area contributed by atoms with Crippen molar-refractivity contribution in [2.45, 2.75) is 26.3 Å². The van der Waals surface area contributed by atoms with Crippen LogP contribution in [0.4, 0.5) is 5.82 Å². The van der Waals surface area contributed by atoms with E-state index < -0.39 is 0 Å². The number of anilines is 1. The summed E-state index contributed by atoms with van der Waals surface area (Å²) in [5.74, 6) is 2.95. The van der Waals surface area contributed by atoms with Gasteiger partial charge in [-0.1, -0.05) is 29.8 Å². The number of amides is 1. The van der Waals surface area contributed by atoms with Gasteiger partial charge in [0.2, 0.25) is 5.91 Å². The number of hydrogen-bond acceptors (Lipinski definition) is 6. The Balaban J connectivity index is 1.42. The van der Waals surface area contributed by atoms with E-state index in [0.717, 1.165) is 47.8 Å². The summed E-state index contributed by atoms with van der Waals surface area (Å²) < 4.78 is 10.7. The molecule has 2 heterocycles. The van der Waals surface area contributed by atoms with Crippen LogP contribution < -0.4 is 19.7 Å². The summed E-state index contributed by atoms with van der Waals surface area (Å²) in [6, 6.07) is 15.7. The molecule has 1 N–H and O–H groups in total. The smallest absolute Gasteiger partial charge is 0.225 e. The fourth-order valence-corrected chi connectivity index (χ4v) is 4.11. The van der Waals surface area contributed by atoms with E-state index >= 15 is 0 Å². The number of carbonyl (C=O) groups excluding carboxylic acids is 1. The summed E-state index contributed by atoms with van der Waals surface area (Å²) in [6.07, 6.45) is 3.58. The molecule has 0 unspecified atom stereocenters.